The van der Waals surface area contributed by atoms with Crippen molar-refractivity contribution in [3.8, 4) is 10.6 Å². The van der Waals surface area contributed by atoms with E-state index in [1.54, 1.807) is 23.6 Å². The Morgan fingerprint density at radius 3 is 2.72 bits per heavy atom. The summed E-state index contributed by atoms with van der Waals surface area (Å²) in [5.74, 6) is -1.06. The number of hydrogen-bond donors (Lipinski definition) is 1. The summed E-state index contributed by atoms with van der Waals surface area (Å²) in [6, 6.07) is 13.0. The Bertz CT molecular complexity index is 1100. The van der Waals surface area contributed by atoms with Gasteiger partial charge in [0.1, 0.15) is 5.01 Å². The van der Waals surface area contributed by atoms with E-state index in [-0.39, 0.29) is 30.4 Å². The number of amides is 1. The van der Waals surface area contributed by atoms with Gasteiger partial charge in [-0.25, -0.2) is 9.78 Å². The molecular weight excluding hydrogens is 388 g/mol. The van der Waals surface area contributed by atoms with E-state index in [1.165, 1.54) is 16.9 Å². The number of rotatable bonds is 6. The van der Waals surface area contributed by atoms with Crippen molar-refractivity contribution in [1.82, 2.24) is 4.98 Å². The molecule has 3 aromatic rings. The first kappa shape index (κ1) is 19.0. The van der Waals surface area contributed by atoms with Crippen LogP contribution in [0.2, 0.25) is 0 Å². The highest BCUT2D eigenvalue weighted by Gasteiger charge is 2.20. The number of anilines is 1. The zero-order valence-electron chi connectivity index (χ0n) is 15.7. The fourth-order valence-corrected chi connectivity index (χ4v) is 3.87. The van der Waals surface area contributed by atoms with Crippen LogP contribution in [0.15, 0.2) is 47.8 Å². The van der Waals surface area contributed by atoms with Crippen molar-refractivity contribution in [2.75, 3.05) is 11.9 Å². The first-order valence-corrected chi connectivity index (χ1v) is 10.1. The van der Waals surface area contributed by atoms with Gasteiger partial charge in [0, 0.05) is 22.2 Å². The maximum absolute atomic E-state index is 12.3. The average Bonchev–Trinajstić information content (AvgIpc) is 3.37. The molecule has 0 radical (unpaired) electrons. The lowest BCUT2D eigenvalue weighted by Crippen LogP contribution is -2.14. The molecular formula is C22H18N2O4S. The molecule has 0 unspecified atom stereocenters. The number of carbonyl (C=O) groups excluding carboxylic acids is 3. The van der Waals surface area contributed by atoms with E-state index in [0.717, 1.165) is 22.6 Å². The number of ether oxygens (including phenoxy) is 1. The van der Waals surface area contributed by atoms with Crippen molar-refractivity contribution in [2.45, 2.75) is 19.8 Å². The number of nitrogens with zero attached hydrogens (tertiary/aromatic N) is 1. The monoisotopic (exact) mass is 406 g/mol. The van der Waals surface area contributed by atoms with Crippen molar-refractivity contribution in [2.24, 2.45) is 0 Å². The molecule has 0 saturated carbocycles. The Morgan fingerprint density at radius 1 is 1.17 bits per heavy atom. The second kappa shape index (κ2) is 7.97. The minimum Gasteiger partial charge on any atom is -0.453 e. The van der Waals surface area contributed by atoms with E-state index in [9.17, 15) is 14.4 Å². The number of fused-ring (bicyclic) bond motifs is 1. The summed E-state index contributed by atoms with van der Waals surface area (Å²) >= 11 is 1.35. The molecule has 0 spiro atoms. The molecule has 1 amide bonds. The molecule has 29 heavy (non-hydrogen) atoms. The molecule has 7 heteroatoms. The van der Waals surface area contributed by atoms with E-state index in [0.29, 0.717) is 11.3 Å². The lowest BCUT2D eigenvalue weighted by molar-refractivity contribution is -0.115. The highest BCUT2D eigenvalue weighted by atomic mass is 32.1. The van der Waals surface area contributed by atoms with Gasteiger partial charge in [-0.3, -0.25) is 9.59 Å². The summed E-state index contributed by atoms with van der Waals surface area (Å²) in [6.07, 6.45) is 1.21. The molecule has 146 valence electrons. The molecule has 0 atom stereocenters. The van der Waals surface area contributed by atoms with Crippen LogP contribution in [0.1, 0.15) is 38.9 Å². The van der Waals surface area contributed by atoms with E-state index in [1.807, 2.05) is 24.3 Å². The Kier molecular flexibility index (Phi) is 5.22. The van der Waals surface area contributed by atoms with Gasteiger partial charge < -0.3 is 10.1 Å². The number of ketones is 1. The average molecular weight is 406 g/mol. The minimum absolute atomic E-state index is 0.0975. The van der Waals surface area contributed by atoms with Crippen LogP contribution in [0.25, 0.3) is 10.6 Å². The summed E-state index contributed by atoms with van der Waals surface area (Å²) in [5.41, 5.74) is 4.24. The van der Waals surface area contributed by atoms with E-state index in [4.69, 9.17) is 4.74 Å². The zero-order chi connectivity index (χ0) is 20.4. The Morgan fingerprint density at radius 2 is 1.97 bits per heavy atom. The van der Waals surface area contributed by atoms with Crippen LogP contribution >= 0.6 is 11.3 Å². The highest BCUT2D eigenvalue weighted by Crippen LogP contribution is 2.25. The predicted molar refractivity (Wildman–Crippen MR) is 110 cm³/mol. The molecule has 1 N–H and O–H groups in total. The summed E-state index contributed by atoms with van der Waals surface area (Å²) in [7, 11) is 0. The molecule has 2 heterocycles. The Hall–Kier alpha value is -3.32. The van der Waals surface area contributed by atoms with Gasteiger partial charge in [0.05, 0.1) is 6.42 Å². The normalized spacial score (nSPS) is 12.4. The molecule has 6 nitrogen and oxygen atoms in total. The number of thiazole rings is 1. The molecule has 4 rings (SSSR count). The Balaban J connectivity index is 1.38. The van der Waals surface area contributed by atoms with Crippen LogP contribution in [-0.2, 0) is 22.4 Å². The van der Waals surface area contributed by atoms with E-state index < -0.39 is 5.97 Å². The van der Waals surface area contributed by atoms with Gasteiger partial charge in [-0.1, -0.05) is 31.2 Å². The third-order valence-corrected chi connectivity index (χ3v) is 5.60. The Labute approximate surface area is 171 Å². The zero-order valence-corrected chi connectivity index (χ0v) is 16.5. The summed E-state index contributed by atoms with van der Waals surface area (Å²) in [5, 5.41) is 5.07. The number of aromatic nitrogens is 1. The number of benzene rings is 2. The number of carbonyl (C=O) groups is 3. The SMILES string of the molecule is CCc1ccc(-c2nc(C(=O)OCC(=O)c3ccc4c(c3)CC(=O)N4)cs2)cc1. The van der Waals surface area contributed by atoms with Crippen molar-refractivity contribution in [3.63, 3.8) is 0 Å². The van der Waals surface area contributed by atoms with Crippen LogP contribution < -0.4 is 5.32 Å². The lowest BCUT2D eigenvalue weighted by atomic mass is 10.1. The smallest absolute Gasteiger partial charge is 0.358 e. The first-order valence-electron chi connectivity index (χ1n) is 9.21. The summed E-state index contributed by atoms with van der Waals surface area (Å²) in [6.45, 7) is 1.71. The molecule has 1 aliphatic rings. The van der Waals surface area contributed by atoms with Gasteiger partial charge in [0.15, 0.2) is 18.1 Å². The topological polar surface area (TPSA) is 85.4 Å². The number of aryl methyl sites for hydroxylation is 1. The summed E-state index contributed by atoms with van der Waals surface area (Å²) in [4.78, 5) is 40.4. The third-order valence-electron chi connectivity index (χ3n) is 4.71. The van der Waals surface area contributed by atoms with Gasteiger partial charge in [-0.05, 0) is 35.7 Å². The first-order chi connectivity index (χ1) is 14.0. The minimum atomic E-state index is -0.635. The fraction of sp³-hybridized carbons (Fsp3) is 0.182. The molecule has 0 aliphatic carbocycles. The van der Waals surface area contributed by atoms with Crippen LogP contribution in [0, 0.1) is 0 Å². The second-order valence-corrected chi connectivity index (χ2v) is 7.54. The van der Waals surface area contributed by atoms with Gasteiger partial charge in [-0.15, -0.1) is 11.3 Å². The van der Waals surface area contributed by atoms with E-state index >= 15 is 0 Å². The molecule has 0 fully saturated rings. The predicted octanol–water partition coefficient (Wildman–Crippen LogP) is 3.91. The maximum atomic E-state index is 12.3. The van der Waals surface area contributed by atoms with Crippen molar-refractivity contribution < 1.29 is 19.1 Å². The maximum Gasteiger partial charge on any atom is 0.358 e. The van der Waals surface area contributed by atoms with Gasteiger partial charge >= 0.3 is 5.97 Å². The number of Topliss-reactive ketones (excluding diaryl/α,β-unsaturated/α-hetero) is 1. The molecule has 2 aromatic carbocycles. The van der Waals surface area contributed by atoms with Crippen LogP contribution in [-0.4, -0.2) is 29.3 Å². The largest absolute Gasteiger partial charge is 0.453 e. The van der Waals surface area contributed by atoms with Gasteiger partial charge in [-0.2, -0.15) is 0 Å². The lowest BCUT2D eigenvalue weighted by Gasteiger charge is -2.05. The highest BCUT2D eigenvalue weighted by molar-refractivity contribution is 7.13. The number of hydrogen-bond acceptors (Lipinski definition) is 6. The van der Waals surface area contributed by atoms with E-state index in [2.05, 4.69) is 17.2 Å². The standard InChI is InChI=1S/C22H18N2O4S/c1-2-13-3-5-14(6-4-13)21-24-18(12-29-21)22(27)28-11-19(25)15-7-8-17-16(9-15)10-20(26)23-17/h3-9,12H,2,10-11H2,1H3,(H,23,26). The molecule has 0 saturated heterocycles. The molecule has 1 aromatic heterocycles. The molecule has 1 aliphatic heterocycles. The van der Waals surface area contributed by atoms with Crippen molar-refractivity contribution >= 4 is 34.7 Å². The quantitative estimate of drug-likeness (QED) is 0.496. The van der Waals surface area contributed by atoms with Crippen LogP contribution in [0.4, 0.5) is 5.69 Å². The van der Waals surface area contributed by atoms with Crippen LogP contribution in [0.3, 0.4) is 0 Å². The second-order valence-electron chi connectivity index (χ2n) is 6.68. The summed E-state index contributed by atoms with van der Waals surface area (Å²) < 4.78 is 5.14. The van der Waals surface area contributed by atoms with Crippen molar-refractivity contribution in [1.29, 1.82) is 0 Å². The third kappa shape index (κ3) is 4.09. The fourth-order valence-electron chi connectivity index (χ4n) is 3.07. The van der Waals surface area contributed by atoms with Crippen LogP contribution in [0.5, 0.6) is 0 Å². The van der Waals surface area contributed by atoms with Crippen molar-refractivity contribution in [3.05, 3.63) is 70.2 Å². The number of esters is 1. The number of nitrogens with one attached hydrogen (secondary N) is 1. The van der Waals surface area contributed by atoms with Gasteiger partial charge in [0.25, 0.3) is 0 Å². The van der Waals surface area contributed by atoms with Gasteiger partial charge in [0.2, 0.25) is 5.91 Å². The molecule has 0 bridgehead atoms.